The van der Waals surface area contributed by atoms with Crippen molar-refractivity contribution in [2.45, 2.75) is 0 Å². The summed E-state index contributed by atoms with van der Waals surface area (Å²) in [6.07, 6.45) is 0. The summed E-state index contributed by atoms with van der Waals surface area (Å²) in [5, 5.41) is 10.8. The van der Waals surface area contributed by atoms with Crippen LogP contribution in [-0.2, 0) is 0 Å². The second-order valence-corrected chi connectivity index (χ2v) is 4.91. The van der Waals surface area contributed by atoms with Crippen LogP contribution in [0, 0.1) is 15.9 Å². The van der Waals surface area contributed by atoms with E-state index in [1.54, 1.807) is 12.1 Å². The van der Waals surface area contributed by atoms with Gasteiger partial charge in [0.25, 0.3) is 0 Å². The average molecular weight is 356 g/mol. The summed E-state index contributed by atoms with van der Waals surface area (Å²) in [6.45, 7) is 0.144. The Kier molecular flexibility index (Phi) is 5.10. The van der Waals surface area contributed by atoms with Crippen molar-refractivity contribution < 1.29 is 18.8 Å². The number of hydrogen-bond acceptors (Lipinski definition) is 4. The highest BCUT2D eigenvalue weighted by atomic mass is 79.9. The van der Waals surface area contributed by atoms with Gasteiger partial charge in [-0.25, -0.2) is 4.39 Å². The highest BCUT2D eigenvalue weighted by Gasteiger charge is 2.19. The Balaban J connectivity index is 1.92. The summed E-state index contributed by atoms with van der Waals surface area (Å²) in [7, 11) is 0. The third-order valence-electron chi connectivity index (χ3n) is 2.55. The van der Waals surface area contributed by atoms with Crippen molar-refractivity contribution >= 4 is 21.6 Å². The molecule has 5 nitrogen and oxygen atoms in total. The van der Waals surface area contributed by atoms with Crippen LogP contribution < -0.4 is 9.47 Å². The highest BCUT2D eigenvalue weighted by molar-refractivity contribution is 9.10. The van der Waals surface area contributed by atoms with Crippen LogP contribution in [0.2, 0.25) is 0 Å². The maximum absolute atomic E-state index is 13.5. The predicted molar refractivity (Wildman–Crippen MR) is 78.2 cm³/mol. The van der Waals surface area contributed by atoms with E-state index in [9.17, 15) is 14.5 Å². The fourth-order valence-electron chi connectivity index (χ4n) is 1.62. The zero-order valence-electron chi connectivity index (χ0n) is 10.8. The van der Waals surface area contributed by atoms with Gasteiger partial charge >= 0.3 is 5.69 Å². The standard InChI is InChI=1S/C14H11BrFNO4/c15-10-4-6-11(7-5-10)20-8-9-21-14-12(16)2-1-3-13(14)17(18)19/h1-7H,8-9H2. The number of nitrogens with zero attached hydrogens (tertiary/aromatic N) is 1. The largest absolute Gasteiger partial charge is 0.490 e. The van der Waals surface area contributed by atoms with Crippen LogP contribution in [0.3, 0.4) is 0 Å². The quantitative estimate of drug-likeness (QED) is 0.447. The van der Waals surface area contributed by atoms with Crippen molar-refractivity contribution in [3.63, 3.8) is 0 Å². The highest BCUT2D eigenvalue weighted by Crippen LogP contribution is 2.29. The fourth-order valence-corrected chi connectivity index (χ4v) is 1.88. The molecule has 0 fully saturated rings. The SMILES string of the molecule is O=[N+]([O-])c1cccc(F)c1OCCOc1ccc(Br)cc1. The zero-order valence-corrected chi connectivity index (χ0v) is 12.4. The molecule has 0 aliphatic heterocycles. The van der Waals surface area contributed by atoms with E-state index in [4.69, 9.17) is 9.47 Å². The first-order chi connectivity index (χ1) is 10.1. The Morgan fingerprint density at radius 2 is 1.76 bits per heavy atom. The number of halogens is 2. The second-order valence-electron chi connectivity index (χ2n) is 4.00. The van der Waals surface area contributed by atoms with Crippen LogP contribution in [0.4, 0.5) is 10.1 Å². The third kappa shape index (κ3) is 4.16. The van der Waals surface area contributed by atoms with Crippen LogP contribution in [0.5, 0.6) is 11.5 Å². The molecule has 0 aromatic heterocycles. The van der Waals surface area contributed by atoms with Crippen LogP contribution >= 0.6 is 15.9 Å². The lowest BCUT2D eigenvalue weighted by Gasteiger charge is -2.09. The summed E-state index contributed by atoms with van der Waals surface area (Å²) in [6, 6.07) is 10.7. The average Bonchev–Trinajstić information content (AvgIpc) is 2.46. The van der Waals surface area contributed by atoms with E-state index in [0.29, 0.717) is 5.75 Å². The smallest absolute Gasteiger partial charge is 0.314 e. The molecule has 2 rings (SSSR count). The lowest BCUT2D eigenvalue weighted by atomic mass is 10.3. The summed E-state index contributed by atoms with van der Waals surface area (Å²) in [4.78, 5) is 10.1. The van der Waals surface area contributed by atoms with Crippen molar-refractivity contribution in [3.8, 4) is 11.5 Å². The molecule has 0 bridgehead atoms. The van der Waals surface area contributed by atoms with E-state index in [0.717, 1.165) is 10.5 Å². The van der Waals surface area contributed by atoms with Gasteiger partial charge in [0.1, 0.15) is 19.0 Å². The summed E-state index contributed by atoms with van der Waals surface area (Å²) in [5.74, 6) is -0.514. The van der Waals surface area contributed by atoms with Crippen LogP contribution in [0.1, 0.15) is 0 Å². The number of nitro groups is 1. The van der Waals surface area contributed by atoms with Crippen molar-refractivity contribution in [1.29, 1.82) is 0 Å². The minimum atomic E-state index is -0.771. The molecule has 0 unspecified atom stereocenters. The third-order valence-corrected chi connectivity index (χ3v) is 3.08. The van der Waals surface area contributed by atoms with Gasteiger partial charge in [-0.3, -0.25) is 10.1 Å². The van der Waals surface area contributed by atoms with Gasteiger partial charge in [-0.15, -0.1) is 0 Å². The van der Waals surface area contributed by atoms with Gasteiger partial charge in [0.2, 0.25) is 5.75 Å². The van der Waals surface area contributed by atoms with Gasteiger partial charge in [-0.05, 0) is 30.3 Å². The molecule has 0 atom stereocenters. The molecule has 0 amide bonds. The number of para-hydroxylation sites is 1. The molecule has 2 aromatic rings. The topological polar surface area (TPSA) is 61.6 Å². The molecule has 21 heavy (non-hydrogen) atoms. The van der Waals surface area contributed by atoms with Gasteiger partial charge in [0, 0.05) is 10.5 Å². The van der Waals surface area contributed by atoms with Gasteiger partial charge in [0.05, 0.1) is 4.92 Å². The summed E-state index contributed by atoms with van der Waals surface area (Å²) < 4.78 is 25.0. The fraction of sp³-hybridized carbons (Fsp3) is 0.143. The number of benzene rings is 2. The first-order valence-electron chi connectivity index (χ1n) is 6.02. The Bertz CT molecular complexity index is 633. The molecule has 0 heterocycles. The Morgan fingerprint density at radius 3 is 2.43 bits per heavy atom. The molecule has 0 radical (unpaired) electrons. The number of ether oxygens (including phenoxy) is 2. The molecular weight excluding hydrogens is 345 g/mol. The molecular formula is C14H11BrFNO4. The van der Waals surface area contributed by atoms with Crippen LogP contribution in [0.15, 0.2) is 46.9 Å². The molecule has 110 valence electrons. The normalized spacial score (nSPS) is 10.2. The first kappa shape index (κ1) is 15.2. The van der Waals surface area contributed by atoms with Crippen molar-refractivity contribution in [3.05, 3.63) is 62.9 Å². The van der Waals surface area contributed by atoms with E-state index in [-0.39, 0.29) is 19.0 Å². The van der Waals surface area contributed by atoms with Gasteiger partial charge in [0.15, 0.2) is 5.82 Å². The number of rotatable bonds is 6. The number of hydrogen-bond donors (Lipinski definition) is 0. The lowest BCUT2D eigenvalue weighted by Crippen LogP contribution is -2.10. The molecule has 2 aromatic carbocycles. The van der Waals surface area contributed by atoms with Gasteiger partial charge in [-0.1, -0.05) is 22.0 Å². The van der Waals surface area contributed by atoms with E-state index >= 15 is 0 Å². The molecule has 7 heteroatoms. The van der Waals surface area contributed by atoms with Crippen molar-refractivity contribution in [2.75, 3.05) is 13.2 Å². The minimum absolute atomic E-state index is 0.00215. The molecule has 0 N–H and O–H groups in total. The Hall–Kier alpha value is -2.15. The van der Waals surface area contributed by atoms with E-state index in [2.05, 4.69) is 15.9 Å². The Morgan fingerprint density at radius 1 is 1.10 bits per heavy atom. The number of nitro benzene ring substituents is 1. The Labute approximate surface area is 128 Å². The van der Waals surface area contributed by atoms with Crippen LogP contribution in [-0.4, -0.2) is 18.1 Å². The minimum Gasteiger partial charge on any atom is -0.490 e. The van der Waals surface area contributed by atoms with Gasteiger partial charge < -0.3 is 9.47 Å². The van der Waals surface area contributed by atoms with Crippen molar-refractivity contribution in [1.82, 2.24) is 0 Å². The van der Waals surface area contributed by atoms with Gasteiger partial charge in [-0.2, -0.15) is 0 Å². The van der Waals surface area contributed by atoms with Crippen molar-refractivity contribution in [2.24, 2.45) is 0 Å². The molecule has 0 saturated heterocycles. The maximum Gasteiger partial charge on any atom is 0.314 e. The molecule has 0 saturated carbocycles. The van der Waals surface area contributed by atoms with E-state index < -0.39 is 16.4 Å². The summed E-state index contributed by atoms with van der Waals surface area (Å²) in [5.41, 5.74) is -0.404. The maximum atomic E-state index is 13.5. The summed E-state index contributed by atoms with van der Waals surface area (Å²) >= 11 is 3.30. The molecule has 0 aliphatic carbocycles. The molecule has 0 spiro atoms. The monoisotopic (exact) mass is 355 g/mol. The van der Waals surface area contributed by atoms with E-state index in [1.807, 2.05) is 12.1 Å². The lowest BCUT2D eigenvalue weighted by molar-refractivity contribution is -0.386. The second kappa shape index (κ2) is 7.03. The van der Waals surface area contributed by atoms with Crippen LogP contribution in [0.25, 0.3) is 0 Å². The predicted octanol–water partition coefficient (Wildman–Crippen LogP) is 3.95. The van der Waals surface area contributed by atoms with E-state index in [1.165, 1.54) is 12.1 Å². The zero-order chi connectivity index (χ0) is 15.2. The molecule has 0 aliphatic rings. The first-order valence-corrected chi connectivity index (χ1v) is 6.81.